The quantitative estimate of drug-likeness (QED) is 0.154. The number of fused-ring (bicyclic) bond motifs is 7. The smallest absolute Gasteiger partial charge is 0.308 e. The Balaban J connectivity index is 1.30. The van der Waals surface area contributed by atoms with Gasteiger partial charge < -0.3 is 9.47 Å². The minimum absolute atomic E-state index is 0.412. The van der Waals surface area contributed by atoms with Crippen molar-refractivity contribution in [1.82, 2.24) is 15.0 Å². The SMILES string of the molecule is CC(=O)Oc1c2c(c(OC(C)=O)c3ccccc13)C1=C2SC(=C2c3cccnc3-c3nc(-c4ccccn4)ccc32)S1. The molecule has 2 aliphatic carbocycles. The number of hydrogen-bond acceptors (Lipinski definition) is 9. The molecule has 5 aromatic rings. The summed E-state index contributed by atoms with van der Waals surface area (Å²) in [4.78, 5) is 40.6. The maximum absolute atomic E-state index is 12.2. The fourth-order valence-electron chi connectivity index (χ4n) is 5.63. The number of nitrogens with zero attached hydrogens (tertiary/aromatic N) is 3. The number of thioether (sulfide) groups is 2. The van der Waals surface area contributed by atoms with Gasteiger partial charge in [-0.05, 0) is 30.3 Å². The fraction of sp³-hybridized carbons (Fsp3) is 0.0606. The van der Waals surface area contributed by atoms with Crippen LogP contribution in [0.5, 0.6) is 11.5 Å². The topological polar surface area (TPSA) is 91.3 Å². The number of carbonyl (C=O) groups excluding carboxylic acids is 2. The maximum Gasteiger partial charge on any atom is 0.308 e. The van der Waals surface area contributed by atoms with Crippen LogP contribution in [0, 0.1) is 0 Å². The molecule has 0 spiro atoms. The molecule has 0 saturated carbocycles. The first-order valence-corrected chi connectivity index (χ1v) is 14.8. The minimum atomic E-state index is -0.412. The summed E-state index contributed by atoms with van der Waals surface area (Å²) in [6.45, 7) is 2.79. The molecule has 3 aromatic heterocycles. The van der Waals surface area contributed by atoms with Gasteiger partial charge in [-0.15, -0.1) is 0 Å². The van der Waals surface area contributed by atoms with Gasteiger partial charge in [-0.25, -0.2) is 4.98 Å². The number of carbonyl (C=O) groups is 2. The molecule has 0 fully saturated rings. The summed E-state index contributed by atoms with van der Waals surface area (Å²) in [7, 11) is 0. The number of benzene rings is 2. The van der Waals surface area contributed by atoms with Gasteiger partial charge in [-0.3, -0.25) is 19.6 Å². The molecule has 2 aromatic carbocycles. The summed E-state index contributed by atoms with van der Waals surface area (Å²) in [5, 5.41) is 1.43. The Morgan fingerprint density at radius 1 is 0.643 bits per heavy atom. The van der Waals surface area contributed by atoms with Crippen LogP contribution in [0.25, 0.3) is 48.9 Å². The van der Waals surface area contributed by atoms with E-state index in [2.05, 4.69) is 17.1 Å². The summed E-state index contributed by atoms with van der Waals surface area (Å²) < 4.78 is 12.7. The van der Waals surface area contributed by atoms with E-state index in [-0.39, 0.29) is 0 Å². The molecule has 0 amide bonds. The Labute approximate surface area is 248 Å². The maximum atomic E-state index is 12.2. The highest BCUT2D eigenvalue weighted by atomic mass is 32.2. The predicted octanol–water partition coefficient (Wildman–Crippen LogP) is 7.56. The van der Waals surface area contributed by atoms with Crippen LogP contribution in [0.4, 0.5) is 0 Å². The molecular weight excluding hydrogens is 567 g/mol. The van der Waals surface area contributed by atoms with E-state index in [1.54, 1.807) is 35.9 Å². The van der Waals surface area contributed by atoms with Gasteiger partial charge in [0.15, 0.2) is 0 Å². The third kappa shape index (κ3) is 3.67. The van der Waals surface area contributed by atoms with Crippen LogP contribution in [0.3, 0.4) is 0 Å². The van der Waals surface area contributed by atoms with Gasteiger partial charge >= 0.3 is 11.9 Å². The molecule has 0 unspecified atom stereocenters. The zero-order valence-electron chi connectivity index (χ0n) is 22.3. The van der Waals surface area contributed by atoms with Crippen LogP contribution in [0.1, 0.15) is 36.1 Å². The molecule has 9 heteroatoms. The minimum Gasteiger partial charge on any atom is -0.425 e. The Kier molecular flexibility index (Phi) is 5.60. The number of hydrogen-bond donors (Lipinski definition) is 0. The third-order valence-electron chi connectivity index (χ3n) is 7.26. The van der Waals surface area contributed by atoms with Crippen molar-refractivity contribution >= 4 is 61.6 Å². The molecule has 1 aliphatic heterocycles. The Hall–Kier alpha value is -4.73. The summed E-state index contributed by atoms with van der Waals surface area (Å²) in [5.74, 6) is 0.145. The van der Waals surface area contributed by atoms with Crippen LogP contribution in [0.15, 0.2) is 83.4 Å². The Morgan fingerprint density at radius 3 is 1.88 bits per heavy atom. The zero-order chi connectivity index (χ0) is 28.5. The fourth-order valence-corrected chi connectivity index (χ4v) is 8.55. The van der Waals surface area contributed by atoms with Crippen molar-refractivity contribution in [2.24, 2.45) is 0 Å². The standard InChI is InChI=1S/C33H19N3O4S2/c1-16(37)39-29-18-8-3-4-9-19(18)30(40-17(2)38)26-25(29)31-32(26)42-33(41-31)24-20-10-7-15-35-27(20)28-21(24)12-13-23(36-28)22-11-5-6-14-34-22/h3-15H,1-2H3. The molecule has 8 rings (SSSR count). The monoisotopic (exact) mass is 585 g/mol. The Bertz CT molecular complexity index is 2030. The molecule has 42 heavy (non-hydrogen) atoms. The molecular formula is C33H19N3O4S2. The summed E-state index contributed by atoms with van der Waals surface area (Å²) in [6.07, 6.45) is 3.54. The second-order valence-corrected chi connectivity index (χ2v) is 12.2. The molecule has 0 atom stereocenters. The molecule has 202 valence electrons. The van der Waals surface area contributed by atoms with Crippen molar-refractivity contribution in [2.45, 2.75) is 13.8 Å². The first kappa shape index (κ1) is 25.0. The van der Waals surface area contributed by atoms with E-state index < -0.39 is 11.9 Å². The van der Waals surface area contributed by atoms with Gasteiger partial charge in [0, 0.05) is 74.7 Å². The molecule has 3 aliphatic rings. The molecule has 0 bridgehead atoms. The van der Waals surface area contributed by atoms with E-state index >= 15 is 0 Å². The second-order valence-electron chi connectivity index (χ2n) is 9.87. The highest BCUT2D eigenvalue weighted by Crippen LogP contribution is 2.71. The van der Waals surface area contributed by atoms with Crippen molar-refractivity contribution in [3.63, 3.8) is 0 Å². The summed E-state index contributed by atoms with van der Waals surface area (Å²) >= 11 is 3.26. The zero-order valence-corrected chi connectivity index (χ0v) is 23.9. The number of aromatic nitrogens is 3. The lowest BCUT2D eigenvalue weighted by atomic mass is 9.90. The lowest BCUT2D eigenvalue weighted by Gasteiger charge is -2.27. The molecule has 0 N–H and O–H groups in total. The number of esters is 2. The highest BCUT2D eigenvalue weighted by Gasteiger charge is 2.44. The van der Waals surface area contributed by atoms with E-state index in [1.807, 2.05) is 54.6 Å². The third-order valence-corrected chi connectivity index (χ3v) is 9.89. The lowest BCUT2D eigenvalue weighted by molar-refractivity contribution is -0.132. The predicted molar refractivity (Wildman–Crippen MR) is 165 cm³/mol. The summed E-state index contributed by atoms with van der Waals surface area (Å²) in [5.41, 5.74) is 7.85. The Morgan fingerprint density at radius 2 is 1.26 bits per heavy atom. The van der Waals surface area contributed by atoms with Crippen LogP contribution < -0.4 is 9.47 Å². The lowest BCUT2D eigenvalue weighted by Crippen LogP contribution is -2.13. The van der Waals surface area contributed by atoms with E-state index in [1.165, 1.54) is 13.8 Å². The van der Waals surface area contributed by atoms with Gasteiger partial charge in [-0.1, -0.05) is 59.9 Å². The normalized spacial score (nSPS) is 14.2. The molecule has 4 heterocycles. The van der Waals surface area contributed by atoms with E-state index in [0.717, 1.165) is 64.7 Å². The van der Waals surface area contributed by atoms with E-state index in [9.17, 15) is 9.59 Å². The number of ether oxygens (including phenoxy) is 2. The van der Waals surface area contributed by atoms with Gasteiger partial charge in [0.1, 0.15) is 11.5 Å². The van der Waals surface area contributed by atoms with E-state index in [4.69, 9.17) is 19.4 Å². The van der Waals surface area contributed by atoms with Crippen LogP contribution >= 0.6 is 23.5 Å². The van der Waals surface area contributed by atoms with Crippen molar-refractivity contribution < 1.29 is 19.1 Å². The van der Waals surface area contributed by atoms with Crippen LogP contribution in [-0.4, -0.2) is 26.9 Å². The average molecular weight is 586 g/mol. The van der Waals surface area contributed by atoms with Crippen molar-refractivity contribution in [3.05, 3.63) is 106 Å². The van der Waals surface area contributed by atoms with Crippen LogP contribution in [0.2, 0.25) is 0 Å². The van der Waals surface area contributed by atoms with Gasteiger partial charge in [0.2, 0.25) is 0 Å². The average Bonchev–Trinajstić information content (AvgIpc) is 3.52. The van der Waals surface area contributed by atoms with Gasteiger partial charge in [-0.2, -0.15) is 0 Å². The van der Waals surface area contributed by atoms with Crippen molar-refractivity contribution in [2.75, 3.05) is 0 Å². The molecule has 0 saturated heterocycles. The van der Waals surface area contributed by atoms with Crippen molar-refractivity contribution in [1.29, 1.82) is 0 Å². The molecule has 7 nitrogen and oxygen atoms in total. The molecule has 0 radical (unpaired) electrons. The van der Waals surface area contributed by atoms with Gasteiger partial charge in [0.05, 0.1) is 27.0 Å². The first-order valence-electron chi connectivity index (χ1n) is 13.2. The van der Waals surface area contributed by atoms with Gasteiger partial charge in [0.25, 0.3) is 0 Å². The van der Waals surface area contributed by atoms with E-state index in [0.29, 0.717) is 22.3 Å². The number of pyridine rings is 3. The first-order chi connectivity index (χ1) is 20.5. The largest absolute Gasteiger partial charge is 0.425 e. The number of rotatable bonds is 3. The summed E-state index contributed by atoms with van der Waals surface area (Å²) in [6, 6.07) is 21.4. The van der Waals surface area contributed by atoms with Crippen LogP contribution in [-0.2, 0) is 9.59 Å². The van der Waals surface area contributed by atoms with Crippen molar-refractivity contribution in [3.8, 4) is 34.3 Å². The highest BCUT2D eigenvalue weighted by molar-refractivity contribution is 8.35. The second kappa shape index (κ2) is 9.40.